The average molecular weight is 298 g/mol. The maximum Gasteiger partial charge on any atom is 0.253 e. The number of morpholine rings is 1. The maximum absolute atomic E-state index is 11.9. The van der Waals surface area contributed by atoms with Crippen molar-refractivity contribution in [3.8, 4) is 0 Å². The van der Waals surface area contributed by atoms with Crippen molar-refractivity contribution in [3.63, 3.8) is 0 Å². The number of rotatable bonds is 4. The second-order valence-electron chi connectivity index (χ2n) is 4.90. The number of sulfonamides is 1. The van der Waals surface area contributed by atoms with E-state index in [0.29, 0.717) is 6.54 Å². The van der Waals surface area contributed by atoms with E-state index in [-0.39, 0.29) is 25.2 Å². The number of hydrogen-bond acceptors (Lipinski definition) is 4. The van der Waals surface area contributed by atoms with Gasteiger partial charge in [-0.2, -0.15) is 0 Å². The van der Waals surface area contributed by atoms with Gasteiger partial charge in [-0.15, -0.1) is 0 Å². The fraction of sp³-hybridized carbons (Fsp3) is 0.462. The van der Waals surface area contributed by atoms with Crippen LogP contribution in [0, 0.1) is 6.92 Å². The van der Waals surface area contributed by atoms with E-state index >= 15 is 0 Å². The third-order valence-electron chi connectivity index (χ3n) is 3.02. The SMILES string of the molecule is Cc1cccc(N2CC(CNS(C)(=O)=O)OCC2=O)c1. The molecule has 110 valence electrons. The molecule has 1 unspecified atom stereocenters. The number of benzene rings is 1. The van der Waals surface area contributed by atoms with Crippen molar-refractivity contribution in [1.29, 1.82) is 0 Å². The van der Waals surface area contributed by atoms with E-state index in [4.69, 9.17) is 4.74 Å². The van der Waals surface area contributed by atoms with Gasteiger partial charge in [-0.3, -0.25) is 4.79 Å². The minimum absolute atomic E-state index is 0.0376. The van der Waals surface area contributed by atoms with E-state index in [2.05, 4.69) is 4.72 Å². The maximum atomic E-state index is 11.9. The lowest BCUT2D eigenvalue weighted by molar-refractivity contribution is -0.129. The number of nitrogens with one attached hydrogen (secondary N) is 1. The van der Waals surface area contributed by atoms with Crippen molar-refractivity contribution in [2.75, 3.05) is 30.9 Å². The Morgan fingerprint density at radius 1 is 1.45 bits per heavy atom. The van der Waals surface area contributed by atoms with Gasteiger partial charge in [0.2, 0.25) is 10.0 Å². The summed E-state index contributed by atoms with van der Waals surface area (Å²) in [4.78, 5) is 13.5. The molecule has 1 fully saturated rings. The zero-order valence-corrected chi connectivity index (χ0v) is 12.3. The van der Waals surface area contributed by atoms with Gasteiger partial charge in [0, 0.05) is 12.2 Å². The van der Waals surface area contributed by atoms with Crippen LogP contribution in [0.4, 0.5) is 5.69 Å². The Balaban J connectivity index is 2.07. The second-order valence-corrected chi connectivity index (χ2v) is 6.73. The van der Waals surface area contributed by atoms with Gasteiger partial charge < -0.3 is 9.64 Å². The van der Waals surface area contributed by atoms with Crippen molar-refractivity contribution in [2.45, 2.75) is 13.0 Å². The van der Waals surface area contributed by atoms with Crippen molar-refractivity contribution < 1.29 is 17.9 Å². The summed E-state index contributed by atoms with van der Waals surface area (Å²) in [5.74, 6) is -0.119. The smallest absolute Gasteiger partial charge is 0.253 e. The highest BCUT2D eigenvalue weighted by molar-refractivity contribution is 7.88. The van der Waals surface area contributed by atoms with Crippen LogP contribution in [0.2, 0.25) is 0 Å². The molecule has 0 aromatic heterocycles. The van der Waals surface area contributed by atoms with Gasteiger partial charge in [0.25, 0.3) is 5.91 Å². The van der Waals surface area contributed by atoms with Crippen LogP contribution in [0.25, 0.3) is 0 Å². The number of ether oxygens (including phenoxy) is 1. The van der Waals surface area contributed by atoms with Gasteiger partial charge in [0.05, 0.1) is 18.9 Å². The Labute approximate surface area is 118 Å². The highest BCUT2D eigenvalue weighted by Crippen LogP contribution is 2.19. The predicted octanol–water partition coefficient (Wildman–Crippen LogP) is 0.276. The second kappa shape index (κ2) is 5.90. The fourth-order valence-electron chi connectivity index (χ4n) is 2.04. The first kappa shape index (κ1) is 15.0. The number of amides is 1. The van der Waals surface area contributed by atoms with E-state index in [0.717, 1.165) is 17.5 Å². The zero-order chi connectivity index (χ0) is 14.8. The lowest BCUT2D eigenvalue weighted by atomic mass is 10.2. The molecule has 1 saturated heterocycles. The first-order valence-corrected chi connectivity index (χ1v) is 8.17. The van der Waals surface area contributed by atoms with Crippen LogP contribution in [0.15, 0.2) is 24.3 Å². The standard InChI is InChI=1S/C13H18N2O4S/c1-10-4-3-5-11(6-10)15-8-12(19-9-13(15)16)7-14-20(2,17)18/h3-6,12,14H,7-9H2,1-2H3. The van der Waals surface area contributed by atoms with Crippen LogP contribution in [0.3, 0.4) is 0 Å². The van der Waals surface area contributed by atoms with Gasteiger partial charge in [-0.25, -0.2) is 13.1 Å². The predicted molar refractivity (Wildman–Crippen MR) is 76.1 cm³/mol. The molecule has 0 radical (unpaired) electrons. The molecule has 1 aromatic rings. The molecule has 0 aliphatic carbocycles. The van der Waals surface area contributed by atoms with Crippen molar-refractivity contribution in [1.82, 2.24) is 4.72 Å². The summed E-state index contributed by atoms with van der Waals surface area (Å²) in [5, 5.41) is 0. The Hall–Kier alpha value is -1.44. The van der Waals surface area contributed by atoms with Crippen LogP contribution in [-0.2, 0) is 19.6 Å². The summed E-state index contributed by atoms with van der Waals surface area (Å²) in [7, 11) is -3.26. The van der Waals surface area contributed by atoms with E-state index in [1.165, 1.54) is 0 Å². The summed E-state index contributed by atoms with van der Waals surface area (Å²) >= 11 is 0. The summed E-state index contributed by atoms with van der Waals surface area (Å²) < 4.78 is 29.9. The third kappa shape index (κ3) is 4.03. The first-order chi connectivity index (χ1) is 9.35. The molecule has 1 amide bonds. The molecule has 1 heterocycles. The van der Waals surface area contributed by atoms with E-state index < -0.39 is 10.0 Å². The van der Waals surface area contributed by atoms with Gasteiger partial charge >= 0.3 is 0 Å². The molecule has 1 aliphatic heterocycles. The lowest BCUT2D eigenvalue weighted by Gasteiger charge is -2.32. The molecule has 0 spiro atoms. The highest BCUT2D eigenvalue weighted by atomic mass is 32.2. The van der Waals surface area contributed by atoms with Crippen LogP contribution in [0.1, 0.15) is 5.56 Å². The van der Waals surface area contributed by atoms with Gasteiger partial charge in [0.15, 0.2) is 0 Å². The Morgan fingerprint density at radius 2 is 2.20 bits per heavy atom. The quantitative estimate of drug-likeness (QED) is 0.866. The molecular weight excluding hydrogens is 280 g/mol. The molecule has 0 bridgehead atoms. The summed E-state index contributed by atoms with van der Waals surface area (Å²) in [5.41, 5.74) is 1.87. The van der Waals surface area contributed by atoms with Crippen LogP contribution in [0.5, 0.6) is 0 Å². The van der Waals surface area contributed by atoms with Crippen LogP contribution in [-0.4, -0.2) is 46.4 Å². The molecule has 0 saturated carbocycles. The first-order valence-electron chi connectivity index (χ1n) is 6.28. The molecule has 20 heavy (non-hydrogen) atoms. The minimum atomic E-state index is -3.26. The van der Waals surface area contributed by atoms with E-state index in [1.807, 2.05) is 31.2 Å². The molecule has 1 aromatic carbocycles. The number of nitrogens with zero attached hydrogens (tertiary/aromatic N) is 1. The topological polar surface area (TPSA) is 75.7 Å². The normalized spacial score (nSPS) is 20.2. The molecule has 2 rings (SSSR count). The molecule has 7 heteroatoms. The zero-order valence-electron chi connectivity index (χ0n) is 11.5. The van der Waals surface area contributed by atoms with E-state index in [1.54, 1.807) is 4.90 Å². The Morgan fingerprint density at radius 3 is 2.85 bits per heavy atom. The van der Waals surface area contributed by atoms with Gasteiger partial charge in [-0.05, 0) is 24.6 Å². The molecule has 1 atom stereocenters. The number of hydrogen-bond donors (Lipinski definition) is 1. The summed E-state index contributed by atoms with van der Waals surface area (Å²) in [6.45, 7) is 2.42. The van der Waals surface area contributed by atoms with Gasteiger partial charge in [-0.1, -0.05) is 12.1 Å². The van der Waals surface area contributed by atoms with Crippen LogP contribution >= 0.6 is 0 Å². The van der Waals surface area contributed by atoms with Crippen LogP contribution < -0.4 is 9.62 Å². The lowest BCUT2D eigenvalue weighted by Crippen LogP contribution is -2.50. The summed E-state index contributed by atoms with van der Waals surface area (Å²) in [6, 6.07) is 7.62. The highest BCUT2D eigenvalue weighted by Gasteiger charge is 2.27. The number of carbonyl (C=O) groups excluding carboxylic acids is 1. The van der Waals surface area contributed by atoms with Crippen molar-refractivity contribution in [3.05, 3.63) is 29.8 Å². The monoisotopic (exact) mass is 298 g/mol. The minimum Gasteiger partial charge on any atom is -0.365 e. The molecule has 1 aliphatic rings. The Kier molecular flexibility index (Phi) is 4.42. The third-order valence-corrected chi connectivity index (χ3v) is 3.71. The molecular formula is C13H18N2O4S. The number of anilines is 1. The fourth-order valence-corrected chi connectivity index (χ4v) is 2.53. The Bertz CT molecular complexity index is 600. The largest absolute Gasteiger partial charge is 0.365 e. The van der Waals surface area contributed by atoms with Gasteiger partial charge in [0.1, 0.15) is 6.61 Å². The average Bonchev–Trinajstić information content (AvgIpc) is 2.37. The summed E-state index contributed by atoms with van der Waals surface area (Å²) in [6.07, 6.45) is 0.752. The number of carbonyl (C=O) groups is 1. The number of aryl methyl sites for hydroxylation is 1. The molecule has 6 nitrogen and oxygen atoms in total. The van der Waals surface area contributed by atoms with Crippen molar-refractivity contribution >= 4 is 21.6 Å². The van der Waals surface area contributed by atoms with Crippen molar-refractivity contribution in [2.24, 2.45) is 0 Å². The van der Waals surface area contributed by atoms with E-state index in [9.17, 15) is 13.2 Å². The molecule has 1 N–H and O–H groups in total.